The van der Waals surface area contributed by atoms with E-state index >= 15 is 0 Å². The number of rotatable bonds is 2. The van der Waals surface area contributed by atoms with Crippen LogP contribution in [0.2, 0.25) is 0 Å². The molecule has 1 fully saturated rings. The number of imidazole rings is 1. The van der Waals surface area contributed by atoms with Crippen molar-refractivity contribution in [2.45, 2.75) is 6.92 Å². The normalized spacial score (nSPS) is 15.4. The Kier molecular flexibility index (Phi) is 3.19. The molecule has 1 saturated heterocycles. The van der Waals surface area contributed by atoms with Crippen LogP contribution in [-0.4, -0.2) is 50.5 Å². The summed E-state index contributed by atoms with van der Waals surface area (Å²) in [7, 11) is 0. The Morgan fingerprint density at radius 3 is 2.77 bits per heavy atom. The molecule has 112 valence electrons. The fourth-order valence-electron chi connectivity index (χ4n) is 2.67. The number of aromatic nitrogens is 5. The number of aryl methyl sites for hydroxylation is 1. The summed E-state index contributed by atoms with van der Waals surface area (Å²) in [6.07, 6.45) is 7.51. The molecule has 0 bridgehead atoms. The van der Waals surface area contributed by atoms with Crippen molar-refractivity contribution in [1.82, 2.24) is 29.7 Å². The Morgan fingerprint density at radius 1 is 1.05 bits per heavy atom. The average Bonchev–Trinajstić information content (AvgIpc) is 2.95. The molecule has 0 atom stereocenters. The highest BCUT2D eigenvalue weighted by molar-refractivity contribution is 5.56. The van der Waals surface area contributed by atoms with Crippen LogP contribution in [0.25, 0.3) is 17.0 Å². The fraction of sp³-hybridized carbons (Fsp3) is 0.333. The van der Waals surface area contributed by atoms with Crippen molar-refractivity contribution >= 4 is 11.6 Å². The van der Waals surface area contributed by atoms with Gasteiger partial charge in [0.2, 0.25) is 5.95 Å². The molecule has 0 spiro atoms. The summed E-state index contributed by atoms with van der Waals surface area (Å²) < 4.78 is 1.98. The molecule has 7 nitrogen and oxygen atoms in total. The molecule has 0 radical (unpaired) electrons. The third kappa shape index (κ3) is 2.39. The fourth-order valence-corrected chi connectivity index (χ4v) is 2.67. The van der Waals surface area contributed by atoms with Gasteiger partial charge < -0.3 is 14.6 Å². The summed E-state index contributed by atoms with van der Waals surface area (Å²) >= 11 is 0. The zero-order chi connectivity index (χ0) is 14.9. The number of piperazine rings is 1. The van der Waals surface area contributed by atoms with E-state index in [1.165, 1.54) is 0 Å². The molecular formula is C15H17N7. The van der Waals surface area contributed by atoms with E-state index in [1.54, 1.807) is 12.4 Å². The largest absolute Gasteiger partial charge is 0.338 e. The Balaban J connectivity index is 1.70. The van der Waals surface area contributed by atoms with E-state index < -0.39 is 0 Å². The van der Waals surface area contributed by atoms with E-state index in [0.29, 0.717) is 0 Å². The first-order chi connectivity index (χ1) is 10.8. The monoisotopic (exact) mass is 295 g/mol. The van der Waals surface area contributed by atoms with E-state index in [2.05, 4.69) is 30.2 Å². The third-order valence-electron chi connectivity index (χ3n) is 3.77. The molecule has 0 saturated carbocycles. The molecule has 4 rings (SSSR count). The van der Waals surface area contributed by atoms with Crippen LogP contribution in [0.1, 0.15) is 5.69 Å². The van der Waals surface area contributed by atoms with Gasteiger partial charge in [0.25, 0.3) is 0 Å². The molecular weight excluding hydrogens is 278 g/mol. The highest BCUT2D eigenvalue weighted by atomic mass is 15.3. The van der Waals surface area contributed by atoms with E-state index in [-0.39, 0.29) is 0 Å². The van der Waals surface area contributed by atoms with E-state index in [1.807, 2.05) is 29.8 Å². The van der Waals surface area contributed by atoms with Crippen molar-refractivity contribution in [3.05, 3.63) is 36.5 Å². The van der Waals surface area contributed by atoms with Crippen LogP contribution in [-0.2, 0) is 0 Å². The second kappa shape index (κ2) is 5.34. The van der Waals surface area contributed by atoms with Crippen LogP contribution in [0, 0.1) is 6.92 Å². The molecule has 0 amide bonds. The average molecular weight is 295 g/mol. The van der Waals surface area contributed by atoms with Crippen molar-refractivity contribution in [2.75, 3.05) is 31.1 Å². The second-order valence-corrected chi connectivity index (χ2v) is 5.40. The SMILES string of the molecule is Cc1cn2cc(-c3ccnc(N4CCNCC4)n3)ncc2n1. The summed E-state index contributed by atoms with van der Waals surface area (Å²) in [5.74, 6) is 0.766. The maximum absolute atomic E-state index is 4.67. The van der Waals surface area contributed by atoms with Crippen molar-refractivity contribution < 1.29 is 0 Å². The molecule has 1 aliphatic rings. The van der Waals surface area contributed by atoms with Gasteiger partial charge in [0.1, 0.15) is 5.69 Å². The lowest BCUT2D eigenvalue weighted by Gasteiger charge is -2.27. The van der Waals surface area contributed by atoms with Gasteiger partial charge in [0.15, 0.2) is 5.65 Å². The molecule has 22 heavy (non-hydrogen) atoms. The quantitative estimate of drug-likeness (QED) is 0.757. The minimum absolute atomic E-state index is 0.766. The van der Waals surface area contributed by atoms with E-state index in [4.69, 9.17) is 0 Å². The predicted molar refractivity (Wildman–Crippen MR) is 83.8 cm³/mol. The van der Waals surface area contributed by atoms with E-state index in [9.17, 15) is 0 Å². The van der Waals surface area contributed by atoms with Gasteiger partial charge in [-0.1, -0.05) is 0 Å². The summed E-state index contributed by atoms with van der Waals surface area (Å²) in [6.45, 7) is 5.76. The predicted octanol–water partition coefficient (Wildman–Crippen LogP) is 0.904. The van der Waals surface area contributed by atoms with Gasteiger partial charge >= 0.3 is 0 Å². The van der Waals surface area contributed by atoms with Crippen LogP contribution in [0.4, 0.5) is 5.95 Å². The van der Waals surface area contributed by atoms with Crippen molar-refractivity contribution in [2.24, 2.45) is 0 Å². The molecule has 1 N–H and O–H groups in total. The van der Waals surface area contributed by atoms with Gasteiger partial charge in [0.05, 0.1) is 17.6 Å². The number of fused-ring (bicyclic) bond motifs is 1. The van der Waals surface area contributed by atoms with Crippen LogP contribution in [0.5, 0.6) is 0 Å². The molecule has 1 aliphatic heterocycles. The van der Waals surface area contributed by atoms with Gasteiger partial charge in [-0.2, -0.15) is 0 Å². The number of nitrogens with zero attached hydrogens (tertiary/aromatic N) is 6. The number of nitrogens with one attached hydrogen (secondary N) is 1. The van der Waals surface area contributed by atoms with Crippen LogP contribution >= 0.6 is 0 Å². The Bertz CT molecular complexity index is 805. The molecule has 0 aromatic carbocycles. The molecule has 0 aliphatic carbocycles. The van der Waals surface area contributed by atoms with Crippen molar-refractivity contribution in [3.8, 4) is 11.4 Å². The summed E-state index contributed by atoms with van der Waals surface area (Å²) in [5, 5.41) is 3.33. The molecule has 0 unspecified atom stereocenters. The van der Waals surface area contributed by atoms with Crippen molar-refractivity contribution in [1.29, 1.82) is 0 Å². The summed E-state index contributed by atoms with van der Waals surface area (Å²) in [5.41, 5.74) is 3.47. The van der Waals surface area contributed by atoms with Gasteiger partial charge in [-0.25, -0.2) is 19.9 Å². The minimum atomic E-state index is 0.766. The van der Waals surface area contributed by atoms with Crippen molar-refractivity contribution in [3.63, 3.8) is 0 Å². The van der Waals surface area contributed by atoms with Gasteiger partial charge in [-0.15, -0.1) is 0 Å². The highest BCUT2D eigenvalue weighted by Crippen LogP contribution is 2.18. The first-order valence-corrected chi connectivity index (χ1v) is 7.40. The maximum atomic E-state index is 4.67. The lowest BCUT2D eigenvalue weighted by molar-refractivity contribution is 0.580. The van der Waals surface area contributed by atoms with Gasteiger partial charge in [-0.05, 0) is 13.0 Å². The molecule has 3 aromatic rings. The maximum Gasteiger partial charge on any atom is 0.225 e. The number of hydrogen-bond donors (Lipinski definition) is 1. The standard InChI is InChI=1S/C15H17N7/c1-11-9-22-10-13(18-8-14(22)19-11)12-2-3-17-15(20-12)21-6-4-16-5-7-21/h2-3,8-10,16H,4-7H2,1H3. The summed E-state index contributed by atoms with van der Waals surface area (Å²) in [6, 6.07) is 1.89. The first-order valence-electron chi connectivity index (χ1n) is 7.40. The second-order valence-electron chi connectivity index (χ2n) is 5.40. The smallest absolute Gasteiger partial charge is 0.225 e. The van der Waals surface area contributed by atoms with Crippen LogP contribution in [0.15, 0.2) is 30.9 Å². The van der Waals surface area contributed by atoms with E-state index in [0.717, 1.165) is 54.9 Å². The zero-order valence-electron chi connectivity index (χ0n) is 12.4. The Labute approximate surface area is 128 Å². The zero-order valence-corrected chi connectivity index (χ0v) is 12.4. The van der Waals surface area contributed by atoms with Crippen LogP contribution < -0.4 is 10.2 Å². The lowest BCUT2D eigenvalue weighted by atomic mass is 10.3. The topological polar surface area (TPSA) is 71.2 Å². The molecule has 7 heteroatoms. The molecule has 3 aromatic heterocycles. The highest BCUT2D eigenvalue weighted by Gasteiger charge is 2.14. The Morgan fingerprint density at radius 2 is 1.91 bits per heavy atom. The minimum Gasteiger partial charge on any atom is -0.338 e. The third-order valence-corrected chi connectivity index (χ3v) is 3.77. The molecule has 4 heterocycles. The van der Waals surface area contributed by atoms with Gasteiger partial charge in [0, 0.05) is 44.8 Å². The lowest BCUT2D eigenvalue weighted by Crippen LogP contribution is -2.44. The van der Waals surface area contributed by atoms with Gasteiger partial charge in [-0.3, -0.25) is 0 Å². The summed E-state index contributed by atoms with van der Waals surface area (Å²) in [4.78, 5) is 20.1. The number of anilines is 1. The van der Waals surface area contributed by atoms with Crippen LogP contribution in [0.3, 0.4) is 0 Å². The Hall–Kier alpha value is -2.54. The first kappa shape index (κ1) is 13.1. The number of hydrogen-bond acceptors (Lipinski definition) is 6.